The predicted octanol–water partition coefficient (Wildman–Crippen LogP) is 2.66. The molecule has 0 unspecified atom stereocenters. The molecule has 1 aromatic carbocycles. The quantitative estimate of drug-likeness (QED) is 0.747. The van der Waals surface area contributed by atoms with Crippen LogP contribution in [0, 0.1) is 11.3 Å². The highest BCUT2D eigenvalue weighted by Crippen LogP contribution is 2.43. The van der Waals surface area contributed by atoms with Gasteiger partial charge in [-0.15, -0.1) is 5.10 Å². The molecule has 2 aliphatic rings. The molecule has 2 aromatic rings. The summed E-state index contributed by atoms with van der Waals surface area (Å²) < 4.78 is 16.3. The minimum Gasteiger partial charge on any atom is -0.490 e. The number of allylic oxidation sites excluding steroid dienone is 1. The van der Waals surface area contributed by atoms with Gasteiger partial charge in [0.05, 0.1) is 36.8 Å². The fourth-order valence-corrected chi connectivity index (χ4v) is 3.93. The molecule has 29 heavy (non-hydrogen) atoms. The van der Waals surface area contributed by atoms with Gasteiger partial charge in [-0.1, -0.05) is 12.1 Å². The molecule has 1 aliphatic heterocycles. The third-order valence-corrected chi connectivity index (χ3v) is 5.38. The maximum atomic E-state index is 11.8. The number of hydrogen-bond donors (Lipinski definition) is 2. The van der Waals surface area contributed by atoms with Crippen molar-refractivity contribution in [3.63, 3.8) is 0 Å². The van der Waals surface area contributed by atoms with E-state index in [0.717, 1.165) is 24.2 Å². The zero-order valence-electron chi connectivity index (χ0n) is 16.1. The topological polar surface area (TPSA) is 123 Å². The fraction of sp³-hybridized carbons (Fsp3) is 0.381. The van der Waals surface area contributed by atoms with Crippen molar-refractivity contribution in [1.29, 1.82) is 5.26 Å². The number of nitriles is 1. The van der Waals surface area contributed by atoms with Gasteiger partial charge in [0.2, 0.25) is 11.8 Å². The van der Waals surface area contributed by atoms with E-state index in [2.05, 4.69) is 16.3 Å². The Morgan fingerprint density at radius 3 is 2.72 bits per heavy atom. The molecule has 0 amide bonds. The number of methoxy groups -OCH3 is 1. The monoisotopic (exact) mass is 394 g/mol. The van der Waals surface area contributed by atoms with Crippen LogP contribution in [0.3, 0.4) is 0 Å². The van der Waals surface area contributed by atoms with Crippen molar-refractivity contribution >= 4 is 5.97 Å². The molecule has 0 saturated heterocycles. The van der Waals surface area contributed by atoms with Gasteiger partial charge in [0.15, 0.2) is 0 Å². The van der Waals surface area contributed by atoms with E-state index in [1.165, 1.54) is 20.0 Å². The van der Waals surface area contributed by atoms with Gasteiger partial charge in [-0.2, -0.15) is 5.26 Å². The van der Waals surface area contributed by atoms with Gasteiger partial charge in [0.1, 0.15) is 17.4 Å². The van der Waals surface area contributed by atoms with Gasteiger partial charge in [-0.3, -0.25) is 9.89 Å². The van der Waals surface area contributed by atoms with Gasteiger partial charge in [-0.25, -0.2) is 0 Å². The van der Waals surface area contributed by atoms with Crippen LogP contribution in [-0.2, 0) is 16.0 Å². The molecule has 1 aromatic heterocycles. The number of esters is 1. The first-order valence-electron chi connectivity index (χ1n) is 9.59. The average Bonchev–Trinajstić information content (AvgIpc) is 3.37. The first kappa shape index (κ1) is 18.9. The largest absolute Gasteiger partial charge is 0.490 e. The van der Waals surface area contributed by atoms with Crippen molar-refractivity contribution in [1.82, 2.24) is 10.2 Å². The number of rotatable bonds is 5. The molecule has 8 heteroatoms. The fourth-order valence-electron chi connectivity index (χ4n) is 3.93. The van der Waals surface area contributed by atoms with Gasteiger partial charge in [-0.05, 0) is 43.4 Å². The zero-order chi connectivity index (χ0) is 20.4. The van der Waals surface area contributed by atoms with Crippen molar-refractivity contribution in [2.24, 2.45) is 5.73 Å². The Hall–Kier alpha value is -3.47. The van der Waals surface area contributed by atoms with Crippen LogP contribution in [-0.4, -0.2) is 29.4 Å². The molecule has 4 rings (SSSR count). The van der Waals surface area contributed by atoms with E-state index in [0.29, 0.717) is 11.3 Å². The van der Waals surface area contributed by atoms with Crippen LogP contribution in [0.2, 0.25) is 0 Å². The first-order chi connectivity index (χ1) is 14.1. The van der Waals surface area contributed by atoms with Crippen molar-refractivity contribution in [2.45, 2.75) is 44.1 Å². The molecule has 150 valence electrons. The summed E-state index contributed by atoms with van der Waals surface area (Å²) in [6, 6.07) is 9.75. The summed E-state index contributed by atoms with van der Waals surface area (Å²) in [5, 5.41) is 16.6. The summed E-state index contributed by atoms with van der Waals surface area (Å²) in [5.41, 5.74) is 8.23. The number of hydrogen-bond acceptors (Lipinski definition) is 7. The Balaban J connectivity index is 1.69. The summed E-state index contributed by atoms with van der Waals surface area (Å²) in [6.07, 6.45) is 4.81. The smallest absolute Gasteiger partial charge is 0.311 e. The second-order valence-electron chi connectivity index (χ2n) is 7.19. The maximum absolute atomic E-state index is 11.8. The van der Waals surface area contributed by atoms with E-state index in [4.69, 9.17) is 19.9 Å². The molecule has 1 atom stereocenters. The third kappa shape index (κ3) is 3.63. The number of ether oxygens (including phenoxy) is 3. The van der Waals surface area contributed by atoms with Gasteiger partial charge in [0.25, 0.3) is 0 Å². The van der Waals surface area contributed by atoms with E-state index in [9.17, 15) is 10.1 Å². The van der Waals surface area contributed by atoms with Gasteiger partial charge < -0.3 is 19.9 Å². The van der Waals surface area contributed by atoms with Crippen molar-refractivity contribution in [2.75, 3.05) is 7.11 Å². The number of nitrogens with two attached hydrogens (primary N) is 1. The Kier molecular flexibility index (Phi) is 5.12. The van der Waals surface area contributed by atoms with Crippen molar-refractivity contribution < 1.29 is 19.0 Å². The number of carbonyl (C=O) groups is 1. The standard InChI is InChI=1S/C21H22N4O4/c1-27-17(26)10-16-19-18(15(11-22)20(23)29-21(19)25-24-16)12-6-8-14(9-7-12)28-13-4-2-3-5-13/h6-9,13,18H,2-5,10,23H2,1H3,(H,24,25)/t18-/m1/s1. The molecule has 0 bridgehead atoms. The zero-order valence-corrected chi connectivity index (χ0v) is 16.1. The predicted molar refractivity (Wildman–Crippen MR) is 103 cm³/mol. The average molecular weight is 394 g/mol. The Morgan fingerprint density at radius 1 is 1.34 bits per heavy atom. The lowest BCUT2D eigenvalue weighted by atomic mass is 9.83. The Bertz CT molecular complexity index is 981. The van der Waals surface area contributed by atoms with Crippen LogP contribution in [0.5, 0.6) is 11.6 Å². The molecule has 1 aliphatic carbocycles. The summed E-state index contributed by atoms with van der Waals surface area (Å²) in [6.45, 7) is 0. The van der Waals surface area contributed by atoms with Gasteiger partial charge in [0, 0.05) is 0 Å². The van der Waals surface area contributed by atoms with Gasteiger partial charge >= 0.3 is 5.97 Å². The lowest BCUT2D eigenvalue weighted by Crippen LogP contribution is -2.22. The van der Waals surface area contributed by atoms with Crippen LogP contribution < -0.4 is 15.2 Å². The lowest BCUT2D eigenvalue weighted by Gasteiger charge is -2.24. The number of H-pyrrole nitrogens is 1. The molecular weight excluding hydrogens is 372 g/mol. The van der Waals surface area contributed by atoms with E-state index in [-0.39, 0.29) is 29.9 Å². The van der Waals surface area contributed by atoms with E-state index in [1.54, 1.807) is 0 Å². The highest BCUT2D eigenvalue weighted by atomic mass is 16.5. The molecular formula is C21H22N4O4. The normalized spacial score (nSPS) is 18.7. The summed E-state index contributed by atoms with van der Waals surface area (Å²) >= 11 is 0. The SMILES string of the molecule is COC(=O)Cc1[nH]nc2c1[C@H](c1ccc(OC3CCCC3)cc1)C(C#N)=C(N)O2. The van der Waals surface area contributed by atoms with E-state index >= 15 is 0 Å². The van der Waals surface area contributed by atoms with Crippen molar-refractivity contribution in [3.8, 4) is 17.7 Å². The molecule has 1 fully saturated rings. The second-order valence-corrected chi connectivity index (χ2v) is 7.19. The number of carbonyl (C=O) groups excluding carboxylic acids is 1. The third-order valence-electron chi connectivity index (χ3n) is 5.38. The van der Waals surface area contributed by atoms with Crippen molar-refractivity contribution in [3.05, 3.63) is 52.5 Å². The molecule has 3 N–H and O–H groups in total. The number of nitrogens with one attached hydrogen (secondary N) is 1. The molecule has 0 radical (unpaired) electrons. The second kappa shape index (κ2) is 7.87. The number of nitrogens with zero attached hydrogens (tertiary/aromatic N) is 2. The van der Waals surface area contributed by atoms with Crippen LogP contribution in [0.15, 0.2) is 35.7 Å². The Morgan fingerprint density at radius 2 is 2.07 bits per heavy atom. The first-order valence-corrected chi connectivity index (χ1v) is 9.59. The highest BCUT2D eigenvalue weighted by Gasteiger charge is 2.35. The summed E-state index contributed by atoms with van der Waals surface area (Å²) in [5.74, 6) is 0.147. The molecule has 0 spiro atoms. The molecule has 1 saturated carbocycles. The number of aromatic nitrogens is 2. The number of aromatic amines is 1. The minimum absolute atomic E-state index is 0.00685. The van der Waals surface area contributed by atoms with E-state index < -0.39 is 11.9 Å². The Labute approximate surface area is 168 Å². The minimum atomic E-state index is -0.498. The highest BCUT2D eigenvalue weighted by molar-refractivity contribution is 5.73. The number of benzene rings is 1. The lowest BCUT2D eigenvalue weighted by molar-refractivity contribution is -0.139. The number of fused-ring (bicyclic) bond motifs is 1. The van der Waals surface area contributed by atoms with E-state index in [1.807, 2.05) is 24.3 Å². The molecule has 2 heterocycles. The van der Waals surface area contributed by atoms with Crippen LogP contribution >= 0.6 is 0 Å². The summed E-state index contributed by atoms with van der Waals surface area (Å²) in [7, 11) is 1.32. The van der Waals surface area contributed by atoms with Crippen LogP contribution in [0.25, 0.3) is 0 Å². The summed E-state index contributed by atoms with van der Waals surface area (Å²) in [4.78, 5) is 11.8. The molecule has 8 nitrogen and oxygen atoms in total. The van der Waals surface area contributed by atoms with Crippen LogP contribution in [0.4, 0.5) is 0 Å². The maximum Gasteiger partial charge on any atom is 0.311 e. The van der Waals surface area contributed by atoms with Crippen LogP contribution in [0.1, 0.15) is 48.4 Å².